The Morgan fingerprint density at radius 3 is 2.48 bits per heavy atom. The molecule has 9 heteroatoms. The van der Waals surface area contributed by atoms with Crippen molar-refractivity contribution in [1.29, 1.82) is 0 Å². The van der Waals surface area contributed by atoms with Crippen LogP contribution in [0.5, 0.6) is 0 Å². The van der Waals surface area contributed by atoms with Gasteiger partial charge in [-0.25, -0.2) is 8.42 Å². The van der Waals surface area contributed by atoms with Gasteiger partial charge in [-0.2, -0.15) is 0 Å². The SMILES string of the molecule is O=C(NNC(=S)Nc1ccc(Cl)cc1)[C@@H]1CCS(=O)(=O)C1. The minimum atomic E-state index is -3.08. The summed E-state index contributed by atoms with van der Waals surface area (Å²) >= 11 is 10.8. The van der Waals surface area contributed by atoms with Crippen LogP contribution in [0.25, 0.3) is 0 Å². The predicted molar refractivity (Wildman–Crippen MR) is 85.7 cm³/mol. The number of carbonyl (C=O) groups is 1. The molecular formula is C12H14ClN3O3S2. The van der Waals surface area contributed by atoms with Crippen LogP contribution >= 0.6 is 23.8 Å². The minimum Gasteiger partial charge on any atom is -0.331 e. The van der Waals surface area contributed by atoms with Crippen LogP contribution in [0.2, 0.25) is 5.02 Å². The van der Waals surface area contributed by atoms with Crippen molar-refractivity contribution in [2.24, 2.45) is 5.92 Å². The fourth-order valence-corrected chi connectivity index (χ4v) is 3.95. The maximum Gasteiger partial charge on any atom is 0.242 e. The molecule has 2 rings (SSSR count). The molecule has 0 spiro atoms. The molecule has 21 heavy (non-hydrogen) atoms. The van der Waals surface area contributed by atoms with Crippen molar-refractivity contribution in [3.8, 4) is 0 Å². The molecule has 1 saturated heterocycles. The second-order valence-corrected chi connectivity index (χ2v) is 7.75. The van der Waals surface area contributed by atoms with Gasteiger partial charge in [-0.1, -0.05) is 11.6 Å². The van der Waals surface area contributed by atoms with Crippen molar-refractivity contribution in [1.82, 2.24) is 10.9 Å². The molecule has 1 heterocycles. The molecule has 1 aliphatic rings. The van der Waals surface area contributed by atoms with Gasteiger partial charge in [-0.05, 0) is 42.9 Å². The van der Waals surface area contributed by atoms with Crippen molar-refractivity contribution >= 4 is 50.4 Å². The van der Waals surface area contributed by atoms with Crippen molar-refractivity contribution < 1.29 is 13.2 Å². The average Bonchev–Trinajstić information content (AvgIpc) is 2.79. The van der Waals surface area contributed by atoms with Gasteiger partial charge in [-0.3, -0.25) is 15.6 Å². The first kappa shape index (κ1) is 16.0. The van der Waals surface area contributed by atoms with Crippen LogP contribution in [-0.2, 0) is 14.6 Å². The summed E-state index contributed by atoms with van der Waals surface area (Å²) in [6.07, 6.45) is 0.340. The number of rotatable bonds is 2. The Morgan fingerprint density at radius 1 is 1.24 bits per heavy atom. The average molecular weight is 348 g/mol. The molecule has 0 bridgehead atoms. The van der Waals surface area contributed by atoms with Crippen LogP contribution < -0.4 is 16.2 Å². The van der Waals surface area contributed by atoms with Crippen molar-refractivity contribution in [3.05, 3.63) is 29.3 Å². The topological polar surface area (TPSA) is 87.3 Å². The molecule has 0 aliphatic carbocycles. The van der Waals surface area contributed by atoms with E-state index in [2.05, 4.69) is 16.2 Å². The second-order valence-electron chi connectivity index (χ2n) is 4.68. The van der Waals surface area contributed by atoms with Crippen molar-refractivity contribution in [2.45, 2.75) is 6.42 Å². The summed E-state index contributed by atoms with van der Waals surface area (Å²) in [6.45, 7) is 0. The Morgan fingerprint density at radius 2 is 1.90 bits per heavy atom. The Labute approximate surface area is 133 Å². The summed E-state index contributed by atoms with van der Waals surface area (Å²) in [5, 5.41) is 3.67. The highest BCUT2D eigenvalue weighted by atomic mass is 35.5. The number of hydrazine groups is 1. The highest BCUT2D eigenvalue weighted by Gasteiger charge is 2.32. The normalized spacial score (nSPS) is 19.8. The lowest BCUT2D eigenvalue weighted by Gasteiger charge is -2.13. The quantitative estimate of drug-likeness (QED) is 0.548. The molecular weight excluding hydrogens is 334 g/mol. The summed E-state index contributed by atoms with van der Waals surface area (Å²) in [5.74, 6) is -0.964. The van der Waals surface area contributed by atoms with Crippen molar-refractivity contribution in [2.75, 3.05) is 16.8 Å². The standard InChI is InChI=1S/C12H14ClN3O3S2/c13-9-1-3-10(4-2-9)14-12(20)16-15-11(17)8-5-6-21(18,19)7-8/h1-4,8H,5-7H2,(H,15,17)(H2,14,16,20)/t8-/m1/s1. The Kier molecular flexibility index (Phi) is 5.02. The van der Waals surface area contributed by atoms with E-state index in [0.29, 0.717) is 11.4 Å². The summed E-state index contributed by atoms with van der Waals surface area (Å²) in [5.41, 5.74) is 5.67. The number of benzene rings is 1. The number of nitrogens with one attached hydrogen (secondary N) is 3. The van der Waals surface area contributed by atoms with Gasteiger partial charge in [0.2, 0.25) is 5.91 Å². The zero-order chi connectivity index (χ0) is 15.5. The van der Waals surface area contributed by atoms with E-state index in [0.717, 1.165) is 5.69 Å². The maximum absolute atomic E-state index is 11.8. The molecule has 1 aliphatic heterocycles. The fraction of sp³-hybridized carbons (Fsp3) is 0.333. The third-order valence-corrected chi connectivity index (χ3v) is 5.23. The van der Waals surface area contributed by atoms with Gasteiger partial charge in [0.25, 0.3) is 0 Å². The van der Waals surface area contributed by atoms with E-state index in [1.54, 1.807) is 24.3 Å². The number of amides is 1. The largest absolute Gasteiger partial charge is 0.331 e. The van der Waals surface area contributed by atoms with Gasteiger partial charge in [0, 0.05) is 10.7 Å². The molecule has 3 N–H and O–H groups in total. The summed E-state index contributed by atoms with van der Waals surface area (Å²) in [6, 6.07) is 6.88. The minimum absolute atomic E-state index is 0.0541. The summed E-state index contributed by atoms with van der Waals surface area (Å²) < 4.78 is 22.6. The smallest absolute Gasteiger partial charge is 0.242 e. The number of hydrogen-bond acceptors (Lipinski definition) is 4. The number of anilines is 1. The highest BCUT2D eigenvalue weighted by molar-refractivity contribution is 7.91. The van der Waals surface area contributed by atoms with Crippen LogP contribution in [-0.4, -0.2) is 30.9 Å². The molecule has 1 fully saturated rings. The highest BCUT2D eigenvalue weighted by Crippen LogP contribution is 2.18. The van der Waals surface area contributed by atoms with Gasteiger partial charge in [-0.15, -0.1) is 0 Å². The third-order valence-electron chi connectivity index (χ3n) is 3.00. The Bertz CT molecular complexity index is 646. The van der Waals surface area contributed by atoms with E-state index in [1.807, 2.05) is 0 Å². The third kappa shape index (κ3) is 4.83. The first-order chi connectivity index (χ1) is 9.85. The van der Waals surface area contributed by atoms with Gasteiger partial charge in [0.05, 0.1) is 17.4 Å². The number of halogens is 1. The fourth-order valence-electron chi connectivity index (χ4n) is 1.92. The number of carbonyl (C=O) groups excluding carboxylic acids is 1. The van der Waals surface area contributed by atoms with Crippen LogP contribution in [0, 0.1) is 5.92 Å². The van der Waals surface area contributed by atoms with E-state index >= 15 is 0 Å². The van der Waals surface area contributed by atoms with E-state index in [1.165, 1.54) is 0 Å². The van der Waals surface area contributed by atoms with E-state index in [-0.39, 0.29) is 22.5 Å². The number of thiocarbonyl (C=S) groups is 1. The zero-order valence-corrected chi connectivity index (χ0v) is 13.3. The summed E-state index contributed by atoms with van der Waals surface area (Å²) in [7, 11) is -3.08. The van der Waals surface area contributed by atoms with E-state index < -0.39 is 15.8 Å². The molecule has 6 nitrogen and oxygen atoms in total. The number of hydrogen-bond donors (Lipinski definition) is 3. The molecule has 1 amide bonds. The summed E-state index contributed by atoms with van der Waals surface area (Å²) in [4.78, 5) is 11.8. The van der Waals surface area contributed by atoms with Gasteiger partial charge in [0.15, 0.2) is 14.9 Å². The molecule has 0 radical (unpaired) electrons. The molecule has 0 unspecified atom stereocenters. The second kappa shape index (κ2) is 6.59. The lowest BCUT2D eigenvalue weighted by atomic mass is 10.1. The van der Waals surface area contributed by atoms with Crippen LogP contribution in [0.4, 0.5) is 5.69 Å². The van der Waals surface area contributed by atoms with Gasteiger partial charge in [0.1, 0.15) is 0 Å². The first-order valence-corrected chi connectivity index (χ1v) is 8.79. The van der Waals surface area contributed by atoms with Crippen LogP contribution in [0.1, 0.15) is 6.42 Å². The molecule has 0 aromatic heterocycles. The molecule has 1 atom stereocenters. The van der Waals surface area contributed by atoms with Gasteiger partial charge < -0.3 is 5.32 Å². The van der Waals surface area contributed by atoms with Crippen LogP contribution in [0.3, 0.4) is 0 Å². The maximum atomic E-state index is 11.8. The molecule has 1 aromatic rings. The van der Waals surface area contributed by atoms with Crippen molar-refractivity contribution in [3.63, 3.8) is 0 Å². The van der Waals surface area contributed by atoms with Crippen LogP contribution in [0.15, 0.2) is 24.3 Å². The zero-order valence-electron chi connectivity index (χ0n) is 10.9. The first-order valence-electron chi connectivity index (χ1n) is 6.18. The molecule has 1 aromatic carbocycles. The Balaban J connectivity index is 1.79. The lowest BCUT2D eigenvalue weighted by Crippen LogP contribution is -2.46. The Hall–Kier alpha value is -1.38. The van der Waals surface area contributed by atoms with E-state index in [9.17, 15) is 13.2 Å². The molecule has 114 valence electrons. The number of sulfone groups is 1. The molecule has 0 saturated carbocycles. The lowest BCUT2D eigenvalue weighted by molar-refractivity contribution is -0.124. The predicted octanol–water partition coefficient (Wildman–Crippen LogP) is 1.09. The van der Waals surface area contributed by atoms with E-state index in [4.69, 9.17) is 23.8 Å². The monoisotopic (exact) mass is 347 g/mol. The van der Waals surface area contributed by atoms with Gasteiger partial charge >= 0.3 is 0 Å².